The number of nitrogens with zero attached hydrogens (tertiary/aromatic N) is 1. The summed E-state index contributed by atoms with van der Waals surface area (Å²) >= 11 is 4.92. The largest absolute Gasteiger partial charge is 0.416 e. The average molecular weight is 419 g/mol. The van der Waals surface area contributed by atoms with E-state index in [1.54, 1.807) is 18.2 Å². The summed E-state index contributed by atoms with van der Waals surface area (Å²) in [5, 5.41) is 7.47. The molecule has 1 aliphatic carbocycles. The van der Waals surface area contributed by atoms with Crippen molar-refractivity contribution < 1.29 is 13.2 Å². The Morgan fingerprint density at radius 2 is 1.83 bits per heavy atom. The van der Waals surface area contributed by atoms with Crippen molar-refractivity contribution in [3.63, 3.8) is 0 Å². The molecule has 29 heavy (non-hydrogen) atoms. The highest BCUT2D eigenvalue weighted by molar-refractivity contribution is 7.80. The van der Waals surface area contributed by atoms with Gasteiger partial charge in [0.05, 0.1) is 23.3 Å². The van der Waals surface area contributed by atoms with Crippen LogP contribution in [0.4, 0.5) is 24.5 Å². The van der Waals surface area contributed by atoms with Crippen LogP contribution in [0.25, 0.3) is 5.70 Å². The highest BCUT2D eigenvalue weighted by Crippen LogP contribution is 2.36. The standard InChI is InChI=1S/C20H20F3N5S/c1-12-2-7-15(10-17(12)20(21,22)23)26-27-18(13-3-4-13)14-5-8-16(9-6-14)28(11-24)19(25)29/h2,5-11,24,26-27H,3-4H2,1H3,(H2,25,29). The van der Waals surface area contributed by atoms with Gasteiger partial charge in [0.2, 0.25) is 0 Å². The predicted molar refractivity (Wildman–Crippen MR) is 114 cm³/mol. The summed E-state index contributed by atoms with van der Waals surface area (Å²) in [6.07, 6.45) is -1.52. The maximum Gasteiger partial charge on any atom is 0.416 e. The molecule has 5 nitrogen and oxygen atoms in total. The quantitative estimate of drug-likeness (QED) is 0.234. The van der Waals surface area contributed by atoms with Gasteiger partial charge < -0.3 is 16.6 Å². The maximum absolute atomic E-state index is 13.1. The molecule has 2 aromatic carbocycles. The van der Waals surface area contributed by atoms with E-state index in [9.17, 15) is 13.2 Å². The summed E-state index contributed by atoms with van der Waals surface area (Å²) in [7, 11) is 0. The van der Waals surface area contributed by atoms with Gasteiger partial charge in [-0.05, 0) is 72.9 Å². The smallest absolute Gasteiger partial charge is 0.376 e. The molecule has 0 heterocycles. The van der Waals surface area contributed by atoms with Crippen LogP contribution >= 0.6 is 12.2 Å². The molecule has 1 saturated carbocycles. The molecule has 2 aromatic rings. The molecule has 0 saturated heterocycles. The minimum absolute atomic E-state index is 0.0631. The second kappa shape index (κ2) is 8.12. The molecule has 0 bridgehead atoms. The molecule has 9 heteroatoms. The van der Waals surface area contributed by atoms with Crippen LogP contribution in [0.5, 0.6) is 0 Å². The van der Waals surface area contributed by atoms with Crippen molar-refractivity contribution in [1.29, 1.82) is 5.41 Å². The number of halogens is 3. The summed E-state index contributed by atoms with van der Waals surface area (Å²) in [6, 6.07) is 11.4. The third-order valence-electron chi connectivity index (χ3n) is 4.53. The van der Waals surface area contributed by atoms with E-state index in [-0.39, 0.29) is 10.7 Å². The van der Waals surface area contributed by atoms with Crippen LogP contribution in [0.2, 0.25) is 0 Å². The zero-order valence-corrected chi connectivity index (χ0v) is 16.4. The van der Waals surface area contributed by atoms with E-state index in [1.807, 2.05) is 12.1 Å². The first-order valence-corrected chi connectivity index (χ1v) is 9.23. The number of nitrogens with one attached hydrogen (secondary N) is 3. The molecule has 0 aliphatic heterocycles. The lowest BCUT2D eigenvalue weighted by Gasteiger charge is -2.19. The van der Waals surface area contributed by atoms with Crippen molar-refractivity contribution in [2.24, 2.45) is 5.73 Å². The van der Waals surface area contributed by atoms with Gasteiger partial charge in [-0.1, -0.05) is 18.2 Å². The number of thiocarbonyl (C=S) groups is 1. The lowest BCUT2D eigenvalue weighted by Crippen LogP contribution is -2.33. The first-order chi connectivity index (χ1) is 13.7. The van der Waals surface area contributed by atoms with Crippen LogP contribution in [0.15, 0.2) is 48.0 Å². The maximum atomic E-state index is 13.1. The summed E-state index contributed by atoms with van der Waals surface area (Å²) in [5.41, 5.74) is 14.9. The highest BCUT2D eigenvalue weighted by Gasteiger charge is 2.32. The normalized spacial score (nSPS) is 12.9. The van der Waals surface area contributed by atoms with E-state index in [1.165, 1.54) is 23.5 Å². The number of allylic oxidation sites excluding steroid dienone is 1. The molecule has 0 unspecified atom stereocenters. The molecule has 1 aliphatic rings. The van der Waals surface area contributed by atoms with E-state index in [0.29, 0.717) is 11.4 Å². The van der Waals surface area contributed by atoms with Crippen LogP contribution in [0, 0.1) is 12.3 Å². The second-order valence-corrected chi connectivity index (χ2v) is 7.06. The van der Waals surface area contributed by atoms with Crippen molar-refractivity contribution in [1.82, 2.24) is 5.43 Å². The van der Waals surface area contributed by atoms with E-state index in [2.05, 4.69) is 10.9 Å². The minimum Gasteiger partial charge on any atom is -0.376 e. The van der Waals surface area contributed by atoms with Gasteiger partial charge in [-0.3, -0.25) is 10.3 Å². The van der Waals surface area contributed by atoms with Crippen LogP contribution in [0.3, 0.4) is 0 Å². The van der Waals surface area contributed by atoms with Crippen molar-refractivity contribution in [2.75, 3.05) is 10.3 Å². The number of nitrogens with two attached hydrogens (primary N) is 1. The molecule has 0 atom stereocenters. The molecule has 0 spiro atoms. The first kappa shape index (κ1) is 20.7. The topological polar surface area (TPSA) is 77.2 Å². The summed E-state index contributed by atoms with van der Waals surface area (Å²) in [6.45, 7) is 1.43. The molecule has 0 radical (unpaired) electrons. The number of anilines is 2. The van der Waals surface area contributed by atoms with Gasteiger partial charge in [-0.2, -0.15) is 13.2 Å². The van der Waals surface area contributed by atoms with E-state index >= 15 is 0 Å². The fraction of sp³-hybridized carbons (Fsp3) is 0.200. The van der Waals surface area contributed by atoms with E-state index < -0.39 is 11.7 Å². The number of hydrogen-bond acceptors (Lipinski definition) is 4. The van der Waals surface area contributed by atoms with Crippen molar-refractivity contribution in [3.8, 4) is 0 Å². The Balaban J connectivity index is 1.79. The second-order valence-electron chi connectivity index (χ2n) is 6.64. The number of alkyl halides is 3. The molecule has 3 rings (SSSR count). The third-order valence-corrected chi connectivity index (χ3v) is 4.73. The zero-order valence-electron chi connectivity index (χ0n) is 15.6. The van der Waals surface area contributed by atoms with Crippen LogP contribution in [0.1, 0.15) is 29.5 Å². The minimum atomic E-state index is -4.40. The Hall–Kier alpha value is -3.07. The van der Waals surface area contributed by atoms with Gasteiger partial charge in [-0.25, -0.2) is 0 Å². The Kier molecular flexibility index (Phi) is 5.78. The third kappa shape index (κ3) is 4.86. The van der Waals surface area contributed by atoms with E-state index in [4.69, 9.17) is 23.4 Å². The molecule has 0 aromatic heterocycles. The lowest BCUT2D eigenvalue weighted by atomic mass is 10.1. The lowest BCUT2D eigenvalue weighted by molar-refractivity contribution is -0.138. The fourth-order valence-electron chi connectivity index (χ4n) is 2.87. The average Bonchev–Trinajstić information content (AvgIpc) is 3.49. The highest BCUT2D eigenvalue weighted by atomic mass is 32.1. The number of benzene rings is 2. The molecular formula is C20H20F3N5S. The van der Waals surface area contributed by atoms with Crippen molar-refractivity contribution in [2.45, 2.75) is 25.9 Å². The first-order valence-electron chi connectivity index (χ1n) is 8.82. The molecule has 0 amide bonds. The Bertz CT molecular complexity index is 961. The summed E-state index contributed by atoms with van der Waals surface area (Å²) < 4.78 is 39.4. The van der Waals surface area contributed by atoms with Crippen LogP contribution < -0.4 is 21.5 Å². The number of rotatable bonds is 6. The molecule has 1 fully saturated rings. The van der Waals surface area contributed by atoms with Gasteiger partial charge in [-0.15, -0.1) is 0 Å². The van der Waals surface area contributed by atoms with E-state index in [0.717, 1.165) is 36.5 Å². The SMILES string of the molecule is Cc1ccc(NNC(=C2CC2)c2ccc(N(C=N)C(N)=S)cc2)cc1C(F)(F)F. The van der Waals surface area contributed by atoms with Gasteiger partial charge in [0.25, 0.3) is 0 Å². The van der Waals surface area contributed by atoms with Gasteiger partial charge in [0.1, 0.15) is 0 Å². The monoisotopic (exact) mass is 419 g/mol. The molecular weight excluding hydrogens is 399 g/mol. The Morgan fingerprint density at radius 3 is 2.34 bits per heavy atom. The van der Waals surface area contributed by atoms with Crippen LogP contribution in [-0.2, 0) is 6.18 Å². The molecule has 5 N–H and O–H groups in total. The number of hydrogen-bond donors (Lipinski definition) is 4. The molecule has 152 valence electrons. The van der Waals surface area contributed by atoms with Gasteiger partial charge >= 0.3 is 6.18 Å². The zero-order chi connectivity index (χ0) is 21.2. The van der Waals surface area contributed by atoms with Gasteiger partial charge in [0.15, 0.2) is 5.11 Å². The summed E-state index contributed by atoms with van der Waals surface area (Å²) in [4.78, 5) is 1.36. The van der Waals surface area contributed by atoms with Crippen molar-refractivity contribution in [3.05, 3.63) is 64.7 Å². The Labute approximate surface area is 171 Å². The van der Waals surface area contributed by atoms with Crippen LogP contribution in [-0.4, -0.2) is 11.5 Å². The summed E-state index contributed by atoms with van der Waals surface area (Å²) in [5.74, 6) is 0. The fourth-order valence-corrected chi connectivity index (χ4v) is 3.03. The van der Waals surface area contributed by atoms with Crippen molar-refractivity contribution >= 4 is 40.7 Å². The Morgan fingerprint density at radius 1 is 1.17 bits per heavy atom. The van der Waals surface area contributed by atoms with Gasteiger partial charge in [0, 0.05) is 5.69 Å². The predicted octanol–water partition coefficient (Wildman–Crippen LogP) is 4.79. The number of hydrazine groups is 1. The number of aryl methyl sites for hydroxylation is 1.